The third-order valence-electron chi connectivity index (χ3n) is 3.57. The first-order valence-electron chi connectivity index (χ1n) is 6.19. The van der Waals surface area contributed by atoms with E-state index in [9.17, 15) is 9.90 Å². The Balaban J connectivity index is 1.82. The van der Waals surface area contributed by atoms with E-state index >= 15 is 0 Å². The summed E-state index contributed by atoms with van der Waals surface area (Å²) in [6.45, 7) is 0.869. The van der Waals surface area contributed by atoms with E-state index in [1.165, 1.54) is 12.8 Å². The van der Waals surface area contributed by atoms with Crippen LogP contribution in [0.1, 0.15) is 36.2 Å². The van der Waals surface area contributed by atoms with Gasteiger partial charge in [-0.2, -0.15) is 5.10 Å². The second-order valence-electron chi connectivity index (χ2n) is 4.67. The Morgan fingerprint density at radius 1 is 1.47 bits per heavy atom. The van der Waals surface area contributed by atoms with Gasteiger partial charge in [-0.05, 0) is 30.7 Å². The molecule has 3 N–H and O–H groups in total. The second-order valence-corrected chi connectivity index (χ2v) is 4.67. The van der Waals surface area contributed by atoms with Crippen LogP contribution in [-0.2, 0) is 0 Å². The summed E-state index contributed by atoms with van der Waals surface area (Å²) in [5.41, 5.74) is 0.487. The van der Waals surface area contributed by atoms with E-state index in [4.69, 9.17) is 0 Å². The average molecular weight is 237 g/mol. The number of H-pyrrole nitrogens is 1. The van der Waals surface area contributed by atoms with Crippen molar-refractivity contribution in [2.24, 2.45) is 11.8 Å². The zero-order chi connectivity index (χ0) is 12.1. The van der Waals surface area contributed by atoms with Gasteiger partial charge in [0.15, 0.2) is 0 Å². The molecule has 1 aromatic rings. The molecule has 1 aromatic heterocycles. The Bertz CT molecular complexity index is 351. The standard InChI is InChI=1S/C12H19N3O2/c16-8-10-4-2-1-3-9(10)7-13-12(17)11-5-6-14-15-11/h5-6,9-10,16H,1-4,7-8H2,(H,13,17)(H,14,15). The third kappa shape index (κ3) is 3.06. The highest BCUT2D eigenvalue weighted by atomic mass is 16.3. The summed E-state index contributed by atoms with van der Waals surface area (Å²) in [6.07, 6.45) is 6.11. The molecule has 1 aliphatic carbocycles. The number of amides is 1. The fourth-order valence-electron chi connectivity index (χ4n) is 2.49. The summed E-state index contributed by atoms with van der Waals surface area (Å²) in [7, 11) is 0. The van der Waals surface area contributed by atoms with E-state index in [0.717, 1.165) is 12.8 Å². The summed E-state index contributed by atoms with van der Waals surface area (Å²) in [5.74, 6) is 0.621. The summed E-state index contributed by atoms with van der Waals surface area (Å²) in [6, 6.07) is 1.65. The smallest absolute Gasteiger partial charge is 0.269 e. The van der Waals surface area contributed by atoms with Crippen LogP contribution in [-0.4, -0.2) is 34.4 Å². The highest BCUT2D eigenvalue weighted by molar-refractivity contribution is 5.92. The van der Waals surface area contributed by atoms with Gasteiger partial charge in [0.2, 0.25) is 0 Å². The number of aliphatic hydroxyl groups is 1. The molecule has 1 aliphatic rings. The molecule has 1 fully saturated rings. The van der Waals surface area contributed by atoms with Crippen LogP contribution in [0.25, 0.3) is 0 Å². The van der Waals surface area contributed by atoms with Crippen molar-refractivity contribution in [1.29, 1.82) is 0 Å². The number of rotatable bonds is 4. The van der Waals surface area contributed by atoms with Gasteiger partial charge in [0.1, 0.15) is 5.69 Å². The van der Waals surface area contributed by atoms with E-state index in [2.05, 4.69) is 15.5 Å². The fraction of sp³-hybridized carbons (Fsp3) is 0.667. The number of nitrogens with zero attached hydrogens (tertiary/aromatic N) is 1. The molecule has 1 heterocycles. The van der Waals surface area contributed by atoms with Crippen molar-refractivity contribution in [2.75, 3.05) is 13.2 Å². The molecule has 1 amide bonds. The van der Waals surface area contributed by atoms with Gasteiger partial charge in [-0.25, -0.2) is 0 Å². The van der Waals surface area contributed by atoms with E-state index in [0.29, 0.717) is 24.1 Å². The van der Waals surface area contributed by atoms with Crippen LogP contribution in [0.3, 0.4) is 0 Å². The van der Waals surface area contributed by atoms with E-state index < -0.39 is 0 Å². The molecule has 0 spiro atoms. The number of aromatic amines is 1. The molecule has 1 saturated carbocycles. The lowest BCUT2D eigenvalue weighted by Gasteiger charge is -2.30. The normalized spacial score (nSPS) is 24.5. The molecule has 2 rings (SSSR count). The monoisotopic (exact) mass is 237 g/mol. The Hall–Kier alpha value is -1.36. The van der Waals surface area contributed by atoms with Crippen molar-refractivity contribution in [2.45, 2.75) is 25.7 Å². The predicted octanol–water partition coefficient (Wildman–Crippen LogP) is 0.938. The van der Waals surface area contributed by atoms with Crippen molar-refractivity contribution in [1.82, 2.24) is 15.5 Å². The maximum Gasteiger partial charge on any atom is 0.269 e. The highest BCUT2D eigenvalue weighted by Gasteiger charge is 2.24. The molecule has 94 valence electrons. The fourth-order valence-corrected chi connectivity index (χ4v) is 2.49. The number of carbonyl (C=O) groups excluding carboxylic acids is 1. The minimum Gasteiger partial charge on any atom is -0.396 e. The Labute approximate surface area is 101 Å². The van der Waals surface area contributed by atoms with Gasteiger partial charge in [0.05, 0.1) is 0 Å². The van der Waals surface area contributed by atoms with Crippen LogP contribution >= 0.6 is 0 Å². The number of aliphatic hydroxyl groups excluding tert-OH is 1. The quantitative estimate of drug-likeness (QED) is 0.729. The van der Waals surface area contributed by atoms with Crippen LogP contribution in [0.2, 0.25) is 0 Å². The van der Waals surface area contributed by atoms with Gasteiger partial charge in [0, 0.05) is 19.3 Å². The second kappa shape index (κ2) is 5.82. The number of carbonyl (C=O) groups is 1. The van der Waals surface area contributed by atoms with Crippen LogP contribution in [0.4, 0.5) is 0 Å². The van der Waals surface area contributed by atoms with E-state index in [-0.39, 0.29) is 12.5 Å². The van der Waals surface area contributed by atoms with Gasteiger partial charge in [-0.3, -0.25) is 9.89 Å². The molecular formula is C12H19N3O2. The predicted molar refractivity (Wildman–Crippen MR) is 63.5 cm³/mol. The molecule has 2 atom stereocenters. The first kappa shape index (κ1) is 12.1. The van der Waals surface area contributed by atoms with Crippen LogP contribution < -0.4 is 5.32 Å². The maximum absolute atomic E-state index is 11.7. The van der Waals surface area contributed by atoms with Gasteiger partial charge >= 0.3 is 0 Å². The SMILES string of the molecule is O=C(NCC1CCCCC1CO)c1ccn[nH]1. The lowest BCUT2D eigenvalue weighted by atomic mass is 9.79. The minimum atomic E-state index is -0.121. The number of hydrogen-bond acceptors (Lipinski definition) is 3. The van der Waals surface area contributed by atoms with Gasteiger partial charge < -0.3 is 10.4 Å². The lowest BCUT2D eigenvalue weighted by molar-refractivity contribution is 0.0904. The van der Waals surface area contributed by atoms with Crippen LogP contribution in [0, 0.1) is 11.8 Å². The van der Waals surface area contributed by atoms with Crippen LogP contribution in [0.15, 0.2) is 12.3 Å². The van der Waals surface area contributed by atoms with Crippen molar-refractivity contribution >= 4 is 5.91 Å². The molecule has 5 heteroatoms. The van der Waals surface area contributed by atoms with E-state index in [1.807, 2.05) is 0 Å². The molecular weight excluding hydrogens is 218 g/mol. The van der Waals surface area contributed by atoms with Crippen LogP contribution in [0.5, 0.6) is 0 Å². The molecule has 0 aromatic carbocycles. The molecule has 2 unspecified atom stereocenters. The molecule has 0 bridgehead atoms. The largest absolute Gasteiger partial charge is 0.396 e. The Morgan fingerprint density at radius 3 is 2.88 bits per heavy atom. The molecule has 17 heavy (non-hydrogen) atoms. The summed E-state index contributed by atoms with van der Waals surface area (Å²) in [5, 5.41) is 18.6. The topological polar surface area (TPSA) is 78.0 Å². The number of nitrogens with one attached hydrogen (secondary N) is 2. The van der Waals surface area contributed by atoms with Gasteiger partial charge in [-0.15, -0.1) is 0 Å². The molecule has 0 aliphatic heterocycles. The summed E-state index contributed by atoms with van der Waals surface area (Å²) >= 11 is 0. The first-order chi connectivity index (χ1) is 8.31. The number of aromatic nitrogens is 2. The van der Waals surface area contributed by atoms with Crippen molar-refractivity contribution in [3.05, 3.63) is 18.0 Å². The molecule has 5 nitrogen and oxygen atoms in total. The summed E-state index contributed by atoms with van der Waals surface area (Å²) < 4.78 is 0. The Morgan fingerprint density at radius 2 is 2.24 bits per heavy atom. The molecule has 0 saturated heterocycles. The average Bonchev–Trinajstić information content (AvgIpc) is 2.90. The number of hydrogen-bond donors (Lipinski definition) is 3. The summed E-state index contributed by atoms with van der Waals surface area (Å²) in [4.78, 5) is 11.7. The lowest BCUT2D eigenvalue weighted by Crippen LogP contribution is -2.35. The molecule has 0 radical (unpaired) electrons. The van der Waals surface area contributed by atoms with Gasteiger partial charge in [0.25, 0.3) is 5.91 Å². The minimum absolute atomic E-state index is 0.121. The Kier molecular flexibility index (Phi) is 4.14. The first-order valence-corrected chi connectivity index (χ1v) is 6.19. The zero-order valence-electron chi connectivity index (χ0n) is 9.85. The van der Waals surface area contributed by atoms with Crippen molar-refractivity contribution < 1.29 is 9.90 Å². The maximum atomic E-state index is 11.7. The van der Waals surface area contributed by atoms with Crippen molar-refractivity contribution in [3.8, 4) is 0 Å². The highest BCUT2D eigenvalue weighted by Crippen LogP contribution is 2.29. The zero-order valence-corrected chi connectivity index (χ0v) is 9.85. The third-order valence-corrected chi connectivity index (χ3v) is 3.57. The van der Waals surface area contributed by atoms with E-state index in [1.54, 1.807) is 12.3 Å². The van der Waals surface area contributed by atoms with Crippen molar-refractivity contribution in [3.63, 3.8) is 0 Å². The van der Waals surface area contributed by atoms with Gasteiger partial charge in [-0.1, -0.05) is 12.8 Å².